The summed E-state index contributed by atoms with van der Waals surface area (Å²) in [5, 5.41) is 28.2. The largest absolute Gasteiger partial charge is 0.478 e. The lowest BCUT2D eigenvalue weighted by atomic mass is 10.1. The average Bonchev–Trinajstić information content (AvgIpc) is 2.54. The third kappa shape index (κ3) is 5.73. The fourth-order valence-corrected chi connectivity index (χ4v) is 4.36. The smallest absolute Gasteiger partial charge is 0.342 e. The van der Waals surface area contributed by atoms with E-state index in [1.54, 1.807) is 6.92 Å². The minimum Gasteiger partial charge on any atom is -0.478 e. The topological polar surface area (TPSA) is 113 Å². The molecule has 3 N–H and O–H groups in total. The summed E-state index contributed by atoms with van der Waals surface area (Å²) in [7, 11) is 0. The maximum atomic E-state index is 12.6. The summed E-state index contributed by atoms with van der Waals surface area (Å²) in [6, 6.07) is 0. The Kier molecular flexibility index (Phi) is 9.68. The minimum absolute atomic E-state index is 0.136. The molecule has 3 unspecified atom stereocenters. The van der Waals surface area contributed by atoms with Gasteiger partial charge in [-0.15, -0.1) is 0 Å². The monoisotopic (exact) mass is 624 g/mol. The first-order valence-electron chi connectivity index (χ1n) is 7.27. The van der Waals surface area contributed by atoms with Crippen molar-refractivity contribution >= 4 is 75.7 Å². The molecule has 0 saturated heterocycles. The predicted molar refractivity (Wildman–Crippen MR) is 107 cm³/mol. The molecule has 7 nitrogen and oxygen atoms in total. The molecule has 146 valence electrons. The van der Waals surface area contributed by atoms with Crippen LogP contribution in [0.4, 0.5) is 0 Å². The van der Waals surface area contributed by atoms with Gasteiger partial charge in [-0.1, -0.05) is 0 Å². The second-order valence-electron chi connectivity index (χ2n) is 5.28. The maximum absolute atomic E-state index is 12.6. The molecule has 0 fully saturated rings. The van der Waals surface area contributed by atoms with Gasteiger partial charge in [-0.2, -0.15) is 0 Å². The van der Waals surface area contributed by atoms with Gasteiger partial charge >= 0.3 is 11.9 Å². The van der Waals surface area contributed by atoms with Crippen LogP contribution in [0.5, 0.6) is 0 Å². The molecule has 0 aliphatic rings. The number of hydrogen-bond donors (Lipinski definition) is 3. The first-order valence-corrected chi connectivity index (χ1v) is 10.4. The Morgan fingerprint density at radius 1 is 1.00 bits per heavy atom. The molecule has 0 aliphatic carbocycles. The number of esters is 1. The van der Waals surface area contributed by atoms with E-state index in [9.17, 15) is 19.8 Å². The number of carboxylic acid groups (broad SMARTS) is 1. The van der Waals surface area contributed by atoms with Gasteiger partial charge in [0, 0.05) is 24.5 Å². The van der Waals surface area contributed by atoms with Crippen LogP contribution in [0.15, 0.2) is 17.9 Å². The number of aliphatic hydroxyl groups excluding tert-OH is 2. The van der Waals surface area contributed by atoms with Crippen molar-refractivity contribution in [1.29, 1.82) is 0 Å². The highest BCUT2D eigenvalue weighted by Gasteiger charge is 2.32. The number of rotatable bonds is 8. The van der Waals surface area contributed by atoms with Crippen LogP contribution in [-0.2, 0) is 9.47 Å². The molecule has 0 heterocycles. The van der Waals surface area contributed by atoms with Gasteiger partial charge in [0.25, 0.3) is 0 Å². The lowest BCUT2D eigenvalue weighted by Gasteiger charge is -2.25. The molecule has 11 heteroatoms. The van der Waals surface area contributed by atoms with Gasteiger partial charge in [0.05, 0.1) is 17.2 Å². The summed E-state index contributed by atoms with van der Waals surface area (Å²) in [6.07, 6.45) is -2.72. The molecule has 0 saturated carbocycles. The van der Waals surface area contributed by atoms with E-state index in [4.69, 9.17) is 14.6 Å². The number of carbonyl (C=O) groups excluding carboxylic acids is 1. The number of carboxylic acids is 1. The van der Waals surface area contributed by atoms with Crippen LogP contribution in [0.1, 0.15) is 41.0 Å². The number of hydrogen-bond acceptors (Lipinski definition) is 6. The molecule has 26 heavy (non-hydrogen) atoms. The fourth-order valence-electron chi connectivity index (χ4n) is 1.91. The molecule has 0 aromatic heterocycles. The molecule has 0 spiro atoms. The second kappa shape index (κ2) is 10.5. The van der Waals surface area contributed by atoms with Crippen molar-refractivity contribution in [3.8, 4) is 0 Å². The number of benzene rings is 1. The Labute approximate surface area is 183 Å². The van der Waals surface area contributed by atoms with Gasteiger partial charge in [0.15, 0.2) is 0 Å². The molecule has 0 aliphatic heterocycles. The predicted octanol–water partition coefficient (Wildman–Crippen LogP) is 4.09. The van der Waals surface area contributed by atoms with Gasteiger partial charge in [-0.25, -0.2) is 9.59 Å². The van der Waals surface area contributed by atoms with E-state index in [1.807, 2.05) is 0 Å². The summed E-state index contributed by atoms with van der Waals surface area (Å²) >= 11 is 12.8. The number of ether oxygens (including phenoxy) is 2. The third-order valence-electron chi connectivity index (χ3n) is 3.20. The molecule has 0 radical (unpaired) electrons. The average molecular weight is 628 g/mol. The van der Waals surface area contributed by atoms with E-state index in [2.05, 4.69) is 63.7 Å². The van der Waals surface area contributed by atoms with E-state index >= 15 is 0 Å². The van der Waals surface area contributed by atoms with E-state index in [1.165, 1.54) is 6.92 Å². The molecule has 0 amide bonds. The minimum atomic E-state index is -1.35. The summed E-state index contributed by atoms with van der Waals surface area (Å²) in [6.45, 7) is 2.87. The van der Waals surface area contributed by atoms with Gasteiger partial charge in [-0.05, 0) is 84.0 Å². The number of halogens is 4. The van der Waals surface area contributed by atoms with Gasteiger partial charge in [0.2, 0.25) is 6.29 Å². The molecule has 0 bridgehead atoms. The Morgan fingerprint density at radius 2 is 1.50 bits per heavy atom. The Bertz CT molecular complexity index is 693. The molecular weight excluding hydrogens is 612 g/mol. The lowest BCUT2D eigenvalue weighted by molar-refractivity contribution is -0.183. The SMILES string of the molecule is CC(CCO)OC(OC(=O)c1c(Br)c(Br)c(Br)c(Br)c1C(=O)O)C(C)O. The highest BCUT2D eigenvalue weighted by Crippen LogP contribution is 2.42. The first kappa shape index (κ1) is 24.0. The Morgan fingerprint density at radius 3 is 1.92 bits per heavy atom. The quantitative estimate of drug-likeness (QED) is 0.172. The van der Waals surface area contributed by atoms with Crippen LogP contribution < -0.4 is 0 Å². The molecule has 1 aromatic carbocycles. The molecule has 3 atom stereocenters. The summed E-state index contributed by atoms with van der Waals surface area (Å²) in [5.41, 5.74) is -0.562. The molecular formula is C15H16Br4O7. The molecule has 1 aromatic rings. The second-order valence-corrected chi connectivity index (χ2v) is 8.46. The van der Waals surface area contributed by atoms with Crippen LogP contribution in [-0.4, -0.2) is 52.4 Å². The first-order chi connectivity index (χ1) is 12.0. The highest BCUT2D eigenvalue weighted by atomic mass is 79.9. The van der Waals surface area contributed by atoms with Crippen molar-refractivity contribution in [2.24, 2.45) is 0 Å². The van der Waals surface area contributed by atoms with Crippen molar-refractivity contribution in [1.82, 2.24) is 0 Å². The van der Waals surface area contributed by atoms with Crippen molar-refractivity contribution in [3.63, 3.8) is 0 Å². The van der Waals surface area contributed by atoms with Crippen molar-refractivity contribution in [3.05, 3.63) is 29.0 Å². The van der Waals surface area contributed by atoms with Crippen LogP contribution in [0.25, 0.3) is 0 Å². The van der Waals surface area contributed by atoms with Gasteiger partial charge < -0.3 is 24.8 Å². The van der Waals surface area contributed by atoms with Crippen molar-refractivity contribution in [2.45, 2.75) is 38.8 Å². The van der Waals surface area contributed by atoms with E-state index < -0.39 is 30.4 Å². The zero-order valence-electron chi connectivity index (χ0n) is 13.6. The maximum Gasteiger partial charge on any atom is 0.342 e. The normalized spacial score (nSPS) is 14.6. The third-order valence-corrected chi connectivity index (χ3v) is 7.97. The van der Waals surface area contributed by atoms with Crippen LogP contribution in [0.3, 0.4) is 0 Å². The highest BCUT2D eigenvalue weighted by molar-refractivity contribution is 9.15. The fraction of sp³-hybridized carbons (Fsp3) is 0.467. The van der Waals surface area contributed by atoms with E-state index in [-0.39, 0.29) is 33.1 Å². The number of aromatic carboxylic acids is 1. The van der Waals surface area contributed by atoms with E-state index in [0.29, 0.717) is 8.95 Å². The van der Waals surface area contributed by atoms with Crippen LogP contribution >= 0.6 is 63.7 Å². The zero-order valence-corrected chi connectivity index (χ0v) is 20.0. The van der Waals surface area contributed by atoms with Gasteiger partial charge in [-0.3, -0.25) is 0 Å². The molecule has 1 rings (SSSR count). The zero-order chi connectivity index (χ0) is 20.2. The van der Waals surface area contributed by atoms with Crippen molar-refractivity contribution in [2.75, 3.05) is 6.61 Å². The van der Waals surface area contributed by atoms with E-state index in [0.717, 1.165) is 0 Å². The van der Waals surface area contributed by atoms with Crippen molar-refractivity contribution < 1.29 is 34.4 Å². The Hall–Kier alpha value is -0.0400. The van der Waals surface area contributed by atoms with Gasteiger partial charge in [0.1, 0.15) is 6.10 Å². The van der Waals surface area contributed by atoms with Crippen LogP contribution in [0, 0.1) is 0 Å². The Balaban J connectivity index is 3.29. The summed E-state index contributed by atoms with van der Waals surface area (Å²) in [5.74, 6) is -2.34. The summed E-state index contributed by atoms with van der Waals surface area (Å²) in [4.78, 5) is 24.3. The lowest BCUT2D eigenvalue weighted by Crippen LogP contribution is -2.35. The number of aliphatic hydroxyl groups is 2. The number of carbonyl (C=O) groups is 2. The van der Waals surface area contributed by atoms with Crippen LogP contribution in [0.2, 0.25) is 0 Å². The standard InChI is InChI=1S/C15H16Br4O7/c1-5(3-4-20)25-15(6(2)21)26-14(24)8-7(13(22)23)9(16)11(18)12(19)10(8)17/h5-6,15,20-21H,3-4H2,1-2H3,(H,22,23). The summed E-state index contributed by atoms with van der Waals surface area (Å²) < 4.78 is 11.7.